The quantitative estimate of drug-likeness (QED) is 0.744. The highest BCUT2D eigenvalue weighted by molar-refractivity contribution is 5.24. The van der Waals surface area contributed by atoms with Gasteiger partial charge in [-0.3, -0.25) is 0 Å². The highest BCUT2D eigenvalue weighted by Crippen LogP contribution is 2.14. The summed E-state index contributed by atoms with van der Waals surface area (Å²) >= 11 is 0. The summed E-state index contributed by atoms with van der Waals surface area (Å²) in [6, 6.07) is 18.3. The summed E-state index contributed by atoms with van der Waals surface area (Å²) < 4.78 is 0. The largest absolute Gasteiger partial charge is 0.309 e. The molecule has 0 aliphatic carbocycles. The van der Waals surface area contributed by atoms with Crippen LogP contribution in [0.15, 0.2) is 48.5 Å². The van der Waals surface area contributed by atoms with Crippen LogP contribution in [0.4, 0.5) is 0 Å². The van der Waals surface area contributed by atoms with Crippen molar-refractivity contribution in [3.63, 3.8) is 0 Å². The van der Waals surface area contributed by atoms with Gasteiger partial charge >= 0.3 is 0 Å². The van der Waals surface area contributed by atoms with E-state index in [1.54, 1.807) is 0 Å². The maximum atomic E-state index is 3.57. The fourth-order valence-corrected chi connectivity index (χ4v) is 2.52. The van der Waals surface area contributed by atoms with Crippen LogP contribution in [0.3, 0.4) is 0 Å². The second kappa shape index (κ2) is 8.11. The standard InChI is InChI=1S/C20H28N2/c1-15-5-9-19(10-6-15)17(3)21-13-14-22-18(4)20-11-7-16(2)8-12-20/h5-12,17-18,21-22H,13-14H2,1-4H3. The first-order chi connectivity index (χ1) is 10.6. The van der Waals surface area contributed by atoms with Crippen molar-refractivity contribution in [1.29, 1.82) is 0 Å². The smallest absolute Gasteiger partial charge is 0.0292 e. The van der Waals surface area contributed by atoms with E-state index in [9.17, 15) is 0 Å². The van der Waals surface area contributed by atoms with Gasteiger partial charge in [-0.25, -0.2) is 0 Å². The van der Waals surface area contributed by atoms with Crippen LogP contribution in [-0.4, -0.2) is 13.1 Å². The Morgan fingerprint density at radius 3 is 1.27 bits per heavy atom. The summed E-state index contributed by atoms with van der Waals surface area (Å²) in [6.45, 7) is 10.6. The molecule has 22 heavy (non-hydrogen) atoms. The van der Waals surface area contributed by atoms with E-state index in [2.05, 4.69) is 86.9 Å². The topological polar surface area (TPSA) is 24.1 Å². The molecule has 0 aromatic heterocycles. The fraction of sp³-hybridized carbons (Fsp3) is 0.400. The zero-order chi connectivity index (χ0) is 15.9. The minimum Gasteiger partial charge on any atom is -0.309 e. The van der Waals surface area contributed by atoms with Gasteiger partial charge in [0.05, 0.1) is 0 Å². The maximum Gasteiger partial charge on any atom is 0.0292 e. The molecule has 0 fully saturated rings. The number of nitrogens with one attached hydrogen (secondary N) is 2. The molecule has 0 amide bonds. The highest BCUT2D eigenvalue weighted by atomic mass is 15.0. The van der Waals surface area contributed by atoms with Crippen LogP contribution in [0.2, 0.25) is 0 Å². The van der Waals surface area contributed by atoms with Crippen LogP contribution in [0, 0.1) is 13.8 Å². The van der Waals surface area contributed by atoms with Gasteiger partial charge < -0.3 is 10.6 Å². The lowest BCUT2D eigenvalue weighted by atomic mass is 10.1. The van der Waals surface area contributed by atoms with Crippen molar-refractivity contribution in [2.24, 2.45) is 0 Å². The molecule has 2 N–H and O–H groups in total. The van der Waals surface area contributed by atoms with E-state index in [-0.39, 0.29) is 0 Å². The lowest BCUT2D eigenvalue weighted by Crippen LogP contribution is -2.30. The summed E-state index contributed by atoms with van der Waals surface area (Å²) in [6.07, 6.45) is 0. The van der Waals surface area contributed by atoms with Crippen molar-refractivity contribution in [3.8, 4) is 0 Å². The number of benzene rings is 2. The Kier molecular flexibility index (Phi) is 6.17. The Hall–Kier alpha value is -1.64. The lowest BCUT2D eigenvalue weighted by Gasteiger charge is -2.18. The van der Waals surface area contributed by atoms with E-state index in [1.807, 2.05) is 0 Å². The van der Waals surface area contributed by atoms with Crippen molar-refractivity contribution >= 4 is 0 Å². The molecule has 0 saturated heterocycles. The molecule has 2 rings (SSSR count). The van der Waals surface area contributed by atoms with Crippen LogP contribution < -0.4 is 10.6 Å². The van der Waals surface area contributed by atoms with Gasteiger partial charge in [0, 0.05) is 25.2 Å². The predicted molar refractivity (Wildman–Crippen MR) is 95.2 cm³/mol. The number of hydrogen-bond donors (Lipinski definition) is 2. The van der Waals surface area contributed by atoms with Crippen molar-refractivity contribution in [2.45, 2.75) is 39.8 Å². The number of aryl methyl sites for hydroxylation is 2. The second-order valence-corrected chi connectivity index (χ2v) is 6.17. The molecule has 0 radical (unpaired) electrons. The third-order valence-electron chi connectivity index (χ3n) is 4.18. The van der Waals surface area contributed by atoms with Crippen molar-refractivity contribution < 1.29 is 0 Å². The summed E-state index contributed by atoms with van der Waals surface area (Å²) in [5, 5.41) is 7.14. The van der Waals surface area contributed by atoms with E-state index in [0.717, 1.165) is 13.1 Å². The van der Waals surface area contributed by atoms with Crippen molar-refractivity contribution in [1.82, 2.24) is 10.6 Å². The van der Waals surface area contributed by atoms with Gasteiger partial charge in [0.15, 0.2) is 0 Å². The van der Waals surface area contributed by atoms with E-state index in [1.165, 1.54) is 22.3 Å². The normalized spacial score (nSPS) is 13.8. The Morgan fingerprint density at radius 2 is 0.955 bits per heavy atom. The minimum absolute atomic E-state index is 0.386. The summed E-state index contributed by atoms with van der Waals surface area (Å²) in [4.78, 5) is 0. The maximum absolute atomic E-state index is 3.57. The molecule has 0 heterocycles. The molecule has 2 aromatic carbocycles. The van der Waals surface area contributed by atoms with E-state index in [4.69, 9.17) is 0 Å². The molecule has 0 aliphatic heterocycles. The van der Waals surface area contributed by atoms with E-state index >= 15 is 0 Å². The molecule has 2 heteroatoms. The van der Waals surface area contributed by atoms with Crippen LogP contribution in [0.1, 0.15) is 48.2 Å². The zero-order valence-corrected chi connectivity index (χ0v) is 14.2. The highest BCUT2D eigenvalue weighted by Gasteiger charge is 2.06. The second-order valence-electron chi connectivity index (χ2n) is 6.17. The van der Waals surface area contributed by atoms with Gasteiger partial charge in [0.1, 0.15) is 0 Å². The van der Waals surface area contributed by atoms with Gasteiger partial charge in [-0.2, -0.15) is 0 Å². The van der Waals surface area contributed by atoms with Gasteiger partial charge in [-0.05, 0) is 38.8 Å². The van der Waals surface area contributed by atoms with Gasteiger partial charge in [-0.1, -0.05) is 59.7 Å². The molecule has 118 valence electrons. The molecule has 2 atom stereocenters. The summed E-state index contributed by atoms with van der Waals surface area (Å²) in [5.74, 6) is 0. The molecule has 2 aromatic rings. The van der Waals surface area contributed by atoms with Gasteiger partial charge in [-0.15, -0.1) is 0 Å². The van der Waals surface area contributed by atoms with E-state index in [0.29, 0.717) is 12.1 Å². The number of rotatable bonds is 7. The third kappa shape index (κ3) is 4.97. The van der Waals surface area contributed by atoms with Crippen molar-refractivity contribution in [2.75, 3.05) is 13.1 Å². The molecule has 0 bridgehead atoms. The molecular weight excluding hydrogens is 268 g/mol. The fourth-order valence-electron chi connectivity index (χ4n) is 2.52. The Morgan fingerprint density at radius 1 is 0.636 bits per heavy atom. The Labute approximate surface area is 135 Å². The Bertz CT molecular complexity index is 504. The molecule has 2 nitrogen and oxygen atoms in total. The first-order valence-electron chi connectivity index (χ1n) is 8.16. The SMILES string of the molecule is Cc1ccc(C(C)NCCNC(C)c2ccc(C)cc2)cc1. The predicted octanol–water partition coefficient (Wildman–Crippen LogP) is 4.30. The number of hydrogen-bond acceptors (Lipinski definition) is 2. The van der Waals surface area contributed by atoms with Crippen LogP contribution in [-0.2, 0) is 0 Å². The Balaban J connectivity index is 1.72. The third-order valence-corrected chi connectivity index (χ3v) is 4.18. The molecular formula is C20H28N2. The molecule has 0 aliphatic rings. The lowest BCUT2D eigenvalue weighted by molar-refractivity contribution is 0.511. The first-order valence-corrected chi connectivity index (χ1v) is 8.16. The minimum atomic E-state index is 0.386. The van der Waals surface area contributed by atoms with Gasteiger partial charge in [0.2, 0.25) is 0 Å². The average Bonchev–Trinajstić information content (AvgIpc) is 2.52. The summed E-state index contributed by atoms with van der Waals surface area (Å²) in [7, 11) is 0. The van der Waals surface area contributed by atoms with Crippen LogP contribution in [0.25, 0.3) is 0 Å². The summed E-state index contributed by atoms with van der Waals surface area (Å²) in [5.41, 5.74) is 5.31. The van der Waals surface area contributed by atoms with Crippen LogP contribution in [0.5, 0.6) is 0 Å². The molecule has 0 spiro atoms. The van der Waals surface area contributed by atoms with Crippen LogP contribution >= 0.6 is 0 Å². The average molecular weight is 296 g/mol. The van der Waals surface area contributed by atoms with E-state index < -0.39 is 0 Å². The molecule has 0 saturated carbocycles. The van der Waals surface area contributed by atoms with Crippen molar-refractivity contribution in [3.05, 3.63) is 70.8 Å². The zero-order valence-electron chi connectivity index (χ0n) is 14.2. The first kappa shape index (κ1) is 16.7. The molecule has 2 unspecified atom stereocenters. The van der Waals surface area contributed by atoms with Gasteiger partial charge in [0.25, 0.3) is 0 Å². The monoisotopic (exact) mass is 296 g/mol.